The van der Waals surface area contributed by atoms with Crippen molar-refractivity contribution in [2.24, 2.45) is 30.7 Å². The normalized spacial score (nSPS) is 13.4. The van der Waals surface area contributed by atoms with Gasteiger partial charge in [0.25, 0.3) is 20.2 Å². The highest BCUT2D eigenvalue weighted by molar-refractivity contribution is 7.91. The van der Waals surface area contributed by atoms with Crippen LogP contribution < -0.4 is 0 Å². The van der Waals surface area contributed by atoms with Gasteiger partial charge in [-0.25, -0.2) is 25.2 Å². The zero-order valence-corrected chi connectivity index (χ0v) is 36.7. The summed E-state index contributed by atoms with van der Waals surface area (Å²) in [5, 5.41) is 55.1. The second kappa shape index (κ2) is 18.9. The van der Waals surface area contributed by atoms with Crippen LogP contribution >= 0.6 is 0 Å². The van der Waals surface area contributed by atoms with Gasteiger partial charge in [-0.2, -0.15) is 43.9 Å². The number of phenols is 3. The van der Waals surface area contributed by atoms with Crippen LogP contribution in [0.5, 0.6) is 17.2 Å². The Bertz CT molecular complexity index is 3330. The molecule has 0 aliphatic rings. The van der Waals surface area contributed by atoms with E-state index < -0.39 is 146 Å². The third-order valence-electron chi connectivity index (χ3n) is 8.18. The van der Waals surface area contributed by atoms with Crippen molar-refractivity contribution in [3.63, 3.8) is 0 Å². The Balaban J connectivity index is 1.60. The molecule has 0 amide bonds. The summed E-state index contributed by atoms with van der Waals surface area (Å²) < 4.78 is 188. The first-order valence-electron chi connectivity index (χ1n) is 16.9. The summed E-state index contributed by atoms with van der Waals surface area (Å²) in [6, 6.07) is 13.0. The molecule has 65 heavy (non-hydrogen) atoms. The van der Waals surface area contributed by atoms with Crippen LogP contribution in [-0.4, -0.2) is 109 Å². The summed E-state index contributed by atoms with van der Waals surface area (Å²) in [4.78, 5) is -2.57. The van der Waals surface area contributed by atoms with Crippen LogP contribution in [0.1, 0.15) is 0 Å². The van der Waals surface area contributed by atoms with Crippen LogP contribution in [0.3, 0.4) is 0 Å². The van der Waals surface area contributed by atoms with Crippen LogP contribution in [0.25, 0.3) is 10.8 Å². The van der Waals surface area contributed by atoms with Crippen molar-refractivity contribution < 1.29 is 92.4 Å². The van der Waals surface area contributed by atoms with E-state index in [0.717, 1.165) is 78.9 Å². The molecular weight excluding hydrogens is 997 g/mol. The van der Waals surface area contributed by atoms with E-state index in [1.807, 2.05) is 0 Å². The predicted octanol–water partition coefficient (Wildman–Crippen LogP) is 4.88. The number of sulfone groups is 2. The van der Waals surface area contributed by atoms with Crippen LogP contribution in [0.15, 0.2) is 129 Å². The van der Waals surface area contributed by atoms with Gasteiger partial charge in [0.15, 0.2) is 54.0 Å². The molecule has 0 aliphatic carbocycles. The van der Waals surface area contributed by atoms with Gasteiger partial charge in [0, 0.05) is 10.8 Å². The van der Waals surface area contributed by atoms with Crippen molar-refractivity contribution in [1.29, 1.82) is 0 Å². The molecule has 27 nitrogen and oxygen atoms in total. The molecule has 0 saturated carbocycles. The van der Waals surface area contributed by atoms with E-state index in [9.17, 15) is 74.9 Å². The average Bonchev–Trinajstić information content (AvgIpc) is 3.18. The highest BCUT2D eigenvalue weighted by atomic mass is 32.3. The van der Waals surface area contributed by atoms with Crippen molar-refractivity contribution >= 4 is 106 Å². The van der Waals surface area contributed by atoms with E-state index in [-0.39, 0.29) is 21.2 Å². The zero-order valence-electron chi connectivity index (χ0n) is 31.8. The molecule has 0 atom stereocenters. The lowest BCUT2D eigenvalue weighted by atomic mass is 10.1. The lowest BCUT2D eigenvalue weighted by Gasteiger charge is -2.11. The second-order valence-electron chi connectivity index (χ2n) is 12.5. The van der Waals surface area contributed by atoms with Gasteiger partial charge in [-0.1, -0.05) is 18.2 Å². The summed E-state index contributed by atoms with van der Waals surface area (Å²) >= 11 is 0. The lowest BCUT2D eigenvalue weighted by molar-refractivity contribution is 0.282. The molecule has 0 saturated heterocycles. The Labute approximate surface area is 367 Å². The maximum Gasteiger partial charge on any atom is 0.397 e. The van der Waals surface area contributed by atoms with Crippen LogP contribution in [0, 0.1) is 0 Å². The smallest absolute Gasteiger partial charge is 0.397 e. The van der Waals surface area contributed by atoms with Gasteiger partial charge in [0.2, 0.25) is 0 Å². The molecule has 0 spiro atoms. The van der Waals surface area contributed by atoms with Gasteiger partial charge in [0.05, 0.1) is 45.9 Å². The molecule has 5 aromatic carbocycles. The largest absolute Gasteiger partial charge is 0.504 e. The molecule has 0 bridgehead atoms. The number of fused-ring (bicyclic) bond motifs is 1. The molecule has 0 unspecified atom stereocenters. The van der Waals surface area contributed by atoms with Crippen molar-refractivity contribution in [3.05, 3.63) is 78.9 Å². The highest BCUT2D eigenvalue weighted by Gasteiger charge is 2.27. The third kappa shape index (κ3) is 12.6. The van der Waals surface area contributed by atoms with Gasteiger partial charge >= 0.3 is 20.8 Å². The predicted molar refractivity (Wildman–Crippen MR) is 220 cm³/mol. The van der Waals surface area contributed by atoms with Crippen molar-refractivity contribution in [2.45, 2.75) is 19.6 Å². The summed E-state index contributed by atoms with van der Waals surface area (Å²) in [6.45, 7) is -1.86. The average molecular weight is 1020 g/mol. The number of benzene rings is 5. The minimum atomic E-state index is -5.31. The van der Waals surface area contributed by atoms with E-state index >= 15 is 0 Å². The molecule has 0 heterocycles. The van der Waals surface area contributed by atoms with Crippen LogP contribution in [0.2, 0.25) is 0 Å². The standard InChI is InChI=1S/C32H28N6O21S6/c39-29-26(36-33-18-4-8-20(9-5-18)60(42,43)16-14-58-64(52,53)54)30(40)28(38-35-24-13-12-22-23(32(24)63(49,50)51)2-1-3-25(22)62(46,47)48)31(41)27(29)37-34-19-6-10-21(11-7-19)61(44,45)17-15-59-65(55,56)57/h1-13,39-41H,14-17H2,(H,46,47,48)(H,49,50,51)(H,52,53,54)(H,55,56,57)/b36-33+,37-34+,38-35+. The van der Waals surface area contributed by atoms with Crippen LogP contribution in [-0.2, 0) is 69.1 Å². The Hall–Kier alpha value is -5.98. The molecule has 0 fully saturated rings. The topological polar surface area (TPSA) is 439 Å². The molecule has 348 valence electrons. The third-order valence-corrected chi connectivity index (χ3v) is 14.4. The summed E-state index contributed by atoms with van der Waals surface area (Å²) in [7, 11) is -28.5. The van der Waals surface area contributed by atoms with E-state index in [4.69, 9.17) is 9.11 Å². The quantitative estimate of drug-likeness (QED) is 0.0454. The second-order valence-corrected chi connectivity index (χ2v) is 21.7. The molecule has 7 N–H and O–H groups in total. The molecular formula is C32H28N6O21S6. The SMILES string of the molecule is O=S(=O)(O)OCCS(=O)(=O)c1ccc(/N=N/c2c(O)c(/N=N/c3ccc(S(=O)(=O)CCOS(=O)(=O)O)cc3)c(O)c(/N=N/c3ccc4c(S(=O)(=O)O)cccc4c3S(=O)(=O)O)c2O)cc1. The number of hydrogen-bond donors (Lipinski definition) is 7. The van der Waals surface area contributed by atoms with E-state index in [0.29, 0.717) is 0 Å². The molecule has 5 rings (SSSR count). The van der Waals surface area contributed by atoms with E-state index in [1.165, 1.54) is 0 Å². The van der Waals surface area contributed by atoms with Crippen molar-refractivity contribution in [2.75, 3.05) is 24.7 Å². The van der Waals surface area contributed by atoms with Gasteiger partial charge in [0.1, 0.15) is 15.5 Å². The van der Waals surface area contributed by atoms with Crippen LogP contribution in [0.4, 0.5) is 34.1 Å². The minimum absolute atomic E-state index is 0.172. The fraction of sp³-hybridized carbons (Fsp3) is 0.125. The molecule has 0 aliphatic heterocycles. The number of hydrogen-bond acceptors (Lipinski definition) is 23. The van der Waals surface area contributed by atoms with Gasteiger partial charge < -0.3 is 15.3 Å². The maximum atomic E-state index is 12.6. The molecule has 0 radical (unpaired) electrons. The summed E-state index contributed by atoms with van der Waals surface area (Å²) in [5.41, 5.74) is -4.04. The number of azo groups is 3. The Morgan fingerprint density at radius 1 is 0.431 bits per heavy atom. The Morgan fingerprint density at radius 3 is 1.20 bits per heavy atom. The number of phenolic OH excluding ortho intramolecular Hbond substituents is 3. The molecule has 5 aromatic rings. The zero-order chi connectivity index (χ0) is 48.3. The van der Waals surface area contributed by atoms with Gasteiger partial charge in [-0.05, 0) is 60.7 Å². The number of aromatic hydroxyl groups is 3. The van der Waals surface area contributed by atoms with E-state index in [2.05, 4.69) is 39.1 Å². The van der Waals surface area contributed by atoms with Gasteiger partial charge in [-0.15, -0.1) is 20.5 Å². The molecule has 33 heteroatoms. The monoisotopic (exact) mass is 1020 g/mol. The Morgan fingerprint density at radius 2 is 0.831 bits per heavy atom. The number of nitrogens with zero attached hydrogens (tertiary/aromatic N) is 6. The lowest BCUT2D eigenvalue weighted by Crippen LogP contribution is -2.15. The fourth-order valence-electron chi connectivity index (χ4n) is 5.32. The first kappa shape index (κ1) is 50.0. The Kier molecular flexibility index (Phi) is 14.5. The maximum absolute atomic E-state index is 12.6. The summed E-state index contributed by atoms with van der Waals surface area (Å²) in [6.07, 6.45) is 0. The van der Waals surface area contributed by atoms with Crippen molar-refractivity contribution in [1.82, 2.24) is 0 Å². The number of rotatable bonds is 18. The van der Waals surface area contributed by atoms with E-state index in [1.54, 1.807) is 0 Å². The highest BCUT2D eigenvalue weighted by Crippen LogP contribution is 2.57. The summed E-state index contributed by atoms with van der Waals surface area (Å²) in [5.74, 6) is -5.41. The molecule has 0 aromatic heterocycles. The minimum Gasteiger partial charge on any atom is -0.504 e. The fourth-order valence-corrected chi connectivity index (χ4v) is 9.83. The van der Waals surface area contributed by atoms with Crippen molar-refractivity contribution in [3.8, 4) is 17.2 Å². The first-order chi connectivity index (χ1) is 30.0. The van der Waals surface area contributed by atoms with Gasteiger partial charge in [-0.3, -0.25) is 18.2 Å². The first-order valence-corrected chi connectivity index (χ1v) is 25.9.